The number of sulfonamides is 1. The summed E-state index contributed by atoms with van der Waals surface area (Å²) in [7, 11) is -4.14. The fraction of sp³-hybridized carbons (Fsp3) is 0.462. The van der Waals surface area contributed by atoms with Crippen molar-refractivity contribution in [1.29, 1.82) is 0 Å². The van der Waals surface area contributed by atoms with Gasteiger partial charge in [0.25, 0.3) is 0 Å². The highest BCUT2D eigenvalue weighted by atomic mass is 79.9. The second kappa shape index (κ2) is 6.41. The van der Waals surface area contributed by atoms with Crippen LogP contribution in [0, 0.1) is 11.2 Å². The summed E-state index contributed by atoms with van der Waals surface area (Å²) in [4.78, 5) is 10.4. The van der Waals surface area contributed by atoms with Crippen molar-refractivity contribution in [2.24, 2.45) is 5.41 Å². The molecule has 1 atom stereocenters. The molecule has 0 bridgehead atoms. The zero-order valence-corrected chi connectivity index (χ0v) is 14.3. The highest BCUT2D eigenvalue weighted by Gasteiger charge is 2.32. The van der Waals surface area contributed by atoms with E-state index in [-0.39, 0.29) is 6.42 Å². The highest BCUT2D eigenvalue weighted by Crippen LogP contribution is 2.25. The van der Waals surface area contributed by atoms with Crippen LogP contribution in [-0.2, 0) is 14.8 Å². The third-order valence-corrected chi connectivity index (χ3v) is 4.90. The molecule has 118 valence electrons. The number of carbonyl (C=O) groups is 1. The van der Waals surface area contributed by atoms with Crippen molar-refractivity contribution in [3.8, 4) is 0 Å². The lowest BCUT2D eigenvalue weighted by molar-refractivity contribution is -0.138. The molecule has 1 aromatic carbocycles. The van der Waals surface area contributed by atoms with E-state index in [1.54, 1.807) is 20.8 Å². The fourth-order valence-electron chi connectivity index (χ4n) is 1.64. The van der Waals surface area contributed by atoms with Gasteiger partial charge in [0, 0.05) is 10.5 Å². The van der Waals surface area contributed by atoms with Gasteiger partial charge in [0.05, 0.1) is 6.42 Å². The van der Waals surface area contributed by atoms with Crippen LogP contribution in [0.2, 0.25) is 0 Å². The van der Waals surface area contributed by atoms with Crippen molar-refractivity contribution in [3.05, 3.63) is 28.5 Å². The van der Waals surface area contributed by atoms with Crippen LogP contribution in [0.1, 0.15) is 27.2 Å². The predicted octanol–water partition coefficient (Wildman–Crippen LogP) is 2.76. The summed E-state index contributed by atoms with van der Waals surface area (Å²) >= 11 is 3.05. The van der Waals surface area contributed by atoms with E-state index >= 15 is 0 Å². The number of halogens is 2. The molecule has 21 heavy (non-hydrogen) atoms. The molecule has 1 rings (SSSR count). The number of nitrogens with one attached hydrogen (secondary N) is 1. The van der Waals surface area contributed by atoms with Gasteiger partial charge in [0.15, 0.2) is 0 Å². The molecule has 5 nitrogen and oxygen atoms in total. The number of carboxylic acid groups (broad SMARTS) is 1. The third kappa shape index (κ3) is 5.05. The number of aliphatic carboxylic acids is 1. The maximum absolute atomic E-state index is 13.8. The van der Waals surface area contributed by atoms with E-state index < -0.39 is 38.2 Å². The zero-order valence-electron chi connectivity index (χ0n) is 11.9. The first-order valence-electron chi connectivity index (χ1n) is 6.12. The molecule has 1 aromatic rings. The van der Waals surface area contributed by atoms with E-state index in [4.69, 9.17) is 5.11 Å². The molecule has 0 heterocycles. The van der Waals surface area contributed by atoms with Crippen molar-refractivity contribution in [3.63, 3.8) is 0 Å². The summed E-state index contributed by atoms with van der Waals surface area (Å²) in [5, 5.41) is 8.89. The van der Waals surface area contributed by atoms with Gasteiger partial charge in [-0.1, -0.05) is 36.7 Å². The smallest absolute Gasteiger partial charge is 0.304 e. The first kappa shape index (κ1) is 18.1. The molecule has 0 fully saturated rings. The van der Waals surface area contributed by atoms with Crippen LogP contribution in [0.4, 0.5) is 4.39 Å². The Labute approximate surface area is 131 Å². The average Bonchev–Trinajstić information content (AvgIpc) is 2.24. The molecule has 2 N–H and O–H groups in total. The average molecular weight is 382 g/mol. The predicted molar refractivity (Wildman–Crippen MR) is 79.9 cm³/mol. The monoisotopic (exact) mass is 381 g/mol. The zero-order chi connectivity index (χ0) is 16.4. The first-order chi connectivity index (χ1) is 9.43. The molecular weight excluding hydrogens is 365 g/mol. The van der Waals surface area contributed by atoms with Gasteiger partial charge >= 0.3 is 5.97 Å². The Morgan fingerprint density at radius 2 is 2.00 bits per heavy atom. The van der Waals surface area contributed by atoms with E-state index in [0.29, 0.717) is 4.47 Å². The maximum Gasteiger partial charge on any atom is 0.304 e. The first-order valence-corrected chi connectivity index (χ1v) is 8.40. The van der Waals surface area contributed by atoms with Crippen LogP contribution in [0.15, 0.2) is 27.6 Å². The molecule has 0 aliphatic heterocycles. The molecule has 0 saturated carbocycles. The number of carboxylic acids is 1. The molecule has 0 aliphatic carbocycles. The lowest BCUT2D eigenvalue weighted by Gasteiger charge is -2.30. The number of rotatable bonds is 5. The van der Waals surface area contributed by atoms with Gasteiger partial charge in [-0.2, -0.15) is 0 Å². The van der Waals surface area contributed by atoms with E-state index in [1.165, 1.54) is 6.07 Å². The van der Waals surface area contributed by atoms with Crippen LogP contribution >= 0.6 is 15.9 Å². The Morgan fingerprint density at radius 3 is 2.43 bits per heavy atom. The van der Waals surface area contributed by atoms with Crippen LogP contribution in [0.3, 0.4) is 0 Å². The molecule has 1 unspecified atom stereocenters. The molecule has 0 aromatic heterocycles. The highest BCUT2D eigenvalue weighted by molar-refractivity contribution is 9.10. The van der Waals surface area contributed by atoms with Crippen LogP contribution in [0.5, 0.6) is 0 Å². The van der Waals surface area contributed by atoms with Crippen molar-refractivity contribution < 1.29 is 22.7 Å². The van der Waals surface area contributed by atoms with Gasteiger partial charge in [0.1, 0.15) is 10.7 Å². The van der Waals surface area contributed by atoms with Gasteiger partial charge in [-0.3, -0.25) is 4.79 Å². The summed E-state index contributed by atoms with van der Waals surface area (Å²) < 4.78 is 41.0. The van der Waals surface area contributed by atoms with Crippen molar-refractivity contribution in [1.82, 2.24) is 4.72 Å². The maximum atomic E-state index is 13.8. The molecule has 0 amide bonds. The van der Waals surface area contributed by atoms with E-state index in [1.807, 2.05) is 0 Å². The van der Waals surface area contributed by atoms with Crippen LogP contribution in [0.25, 0.3) is 0 Å². The molecule has 0 radical (unpaired) electrons. The number of benzene rings is 1. The molecule has 0 spiro atoms. The number of hydrogen-bond acceptors (Lipinski definition) is 3. The van der Waals surface area contributed by atoms with Gasteiger partial charge in [-0.25, -0.2) is 17.5 Å². The third-order valence-electron chi connectivity index (χ3n) is 2.90. The number of hydrogen-bond donors (Lipinski definition) is 2. The standard InChI is InChI=1S/C13H17BrFNO4S/c1-13(2,3)11(7-12(17)18)16-21(19,20)10-5-4-8(14)6-9(10)15/h4-6,11,16H,7H2,1-3H3,(H,17,18). The second-order valence-electron chi connectivity index (χ2n) is 5.71. The summed E-state index contributed by atoms with van der Waals surface area (Å²) in [6.45, 7) is 5.13. The lowest BCUT2D eigenvalue weighted by Crippen LogP contribution is -2.45. The topological polar surface area (TPSA) is 83.5 Å². The Bertz CT molecular complexity index is 640. The fourth-order valence-corrected chi connectivity index (χ4v) is 3.48. The normalized spacial score (nSPS) is 14.0. The van der Waals surface area contributed by atoms with E-state index in [2.05, 4.69) is 20.7 Å². The van der Waals surface area contributed by atoms with Crippen molar-refractivity contribution in [2.75, 3.05) is 0 Å². The Hall–Kier alpha value is -0.990. The summed E-state index contributed by atoms with van der Waals surface area (Å²) in [6.07, 6.45) is -0.388. The van der Waals surface area contributed by atoms with Crippen LogP contribution in [-0.4, -0.2) is 25.5 Å². The summed E-state index contributed by atoms with van der Waals surface area (Å²) in [6, 6.07) is 2.71. The summed E-state index contributed by atoms with van der Waals surface area (Å²) in [5.74, 6) is -2.03. The lowest BCUT2D eigenvalue weighted by atomic mass is 9.85. The van der Waals surface area contributed by atoms with E-state index in [9.17, 15) is 17.6 Å². The minimum atomic E-state index is -4.14. The SMILES string of the molecule is CC(C)(C)C(CC(=O)O)NS(=O)(=O)c1ccc(Br)cc1F. The second-order valence-corrected chi connectivity index (χ2v) is 8.31. The van der Waals surface area contributed by atoms with Crippen molar-refractivity contribution in [2.45, 2.75) is 38.1 Å². The van der Waals surface area contributed by atoms with Gasteiger partial charge < -0.3 is 5.11 Å². The molecular formula is C13H17BrFNO4S. The minimum Gasteiger partial charge on any atom is -0.481 e. The van der Waals surface area contributed by atoms with Gasteiger partial charge in [-0.15, -0.1) is 0 Å². The molecule has 8 heteroatoms. The van der Waals surface area contributed by atoms with Crippen LogP contribution < -0.4 is 4.72 Å². The Balaban J connectivity index is 3.14. The Kier molecular flexibility index (Phi) is 5.51. The van der Waals surface area contributed by atoms with Crippen molar-refractivity contribution >= 4 is 31.9 Å². The van der Waals surface area contributed by atoms with E-state index in [0.717, 1.165) is 12.1 Å². The minimum absolute atomic E-state index is 0.388. The molecule has 0 saturated heterocycles. The largest absolute Gasteiger partial charge is 0.481 e. The van der Waals surface area contributed by atoms with Gasteiger partial charge in [0.2, 0.25) is 10.0 Å². The summed E-state index contributed by atoms with van der Waals surface area (Å²) in [5.41, 5.74) is -0.628. The van der Waals surface area contributed by atoms with Gasteiger partial charge in [-0.05, 0) is 23.6 Å². The quantitative estimate of drug-likeness (QED) is 0.821. The molecule has 0 aliphatic rings. The Morgan fingerprint density at radius 1 is 1.43 bits per heavy atom.